The van der Waals surface area contributed by atoms with Crippen molar-refractivity contribution in [3.63, 3.8) is 0 Å². The summed E-state index contributed by atoms with van der Waals surface area (Å²) in [5.41, 5.74) is 6.76. The fourth-order valence-electron chi connectivity index (χ4n) is 4.31. The van der Waals surface area contributed by atoms with Crippen molar-refractivity contribution in [2.45, 2.75) is 73.8 Å². The van der Waals surface area contributed by atoms with Crippen LogP contribution in [0.2, 0.25) is 0 Å². The number of ether oxygens (including phenoxy) is 2. The Kier molecular flexibility index (Phi) is 5.68. The van der Waals surface area contributed by atoms with Gasteiger partial charge in [-0.25, -0.2) is 0 Å². The van der Waals surface area contributed by atoms with Gasteiger partial charge in [-0.15, -0.1) is 0 Å². The van der Waals surface area contributed by atoms with E-state index in [9.17, 15) is 9.59 Å². The van der Waals surface area contributed by atoms with E-state index in [1.54, 1.807) is 0 Å². The number of rotatable bonds is 3. The summed E-state index contributed by atoms with van der Waals surface area (Å²) in [6.07, 6.45) is 1.21. The number of benzene rings is 2. The van der Waals surface area contributed by atoms with Crippen LogP contribution in [-0.2, 0) is 16.0 Å². The predicted octanol–water partition coefficient (Wildman–Crippen LogP) is 5.18. The third-order valence-corrected chi connectivity index (χ3v) is 6.13. The first-order valence-corrected chi connectivity index (χ1v) is 10.3. The quantitative estimate of drug-likeness (QED) is 0.560. The molecule has 0 spiro atoms. The second-order valence-electron chi connectivity index (χ2n) is 8.67. The maximum atomic E-state index is 13.3. The van der Waals surface area contributed by atoms with Crippen LogP contribution in [0.4, 0.5) is 5.69 Å². The minimum atomic E-state index is -0.983. The van der Waals surface area contributed by atoms with Gasteiger partial charge in [0.15, 0.2) is 5.60 Å². The third-order valence-electron chi connectivity index (χ3n) is 6.13. The lowest BCUT2D eigenvalue weighted by Crippen LogP contribution is -2.48. The monoisotopic (exact) mass is 409 g/mol. The van der Waals surface area contributed by atoms with Crippen LogP contribution in [0.25, 0.3) is 0 Å². The number of fused-ring (bicyclic) bond motifs is 1. The van der Waals surface area contributed by atoms with E-state index >= 15 is 0 Å². The van der Waals surface area contributed by atoms with Crippen LogP contribution in [0.5, 0.6) is 11.5 Å². The maximum Gasteiger partial charge on any atom is 0.308 e. The fraction of sp³-hybridized carbons (Fsp3) is 0.440. The Bertz CT molecular complexity index is 1030. The number of carbonyl (C=O) groups is 2. The summed E-state index contributed by atoms with van der Waals surface area (Å²) in [5, 5.41) is 3.10. The number of esters is 1. The van der Waals surface area contributed by atoms with E-state index in [0.29, 0.717) is 18.6 Å². The molecule has 1 amide bonds. The van der Waals surface area contributed by atoms with E-state index in [0.717, 1.165) is 44.8 Å². The normalized spacial score (nSPS) is 17.7. The lowest BCUT2D eigenvalue weighted by Gasteiger charge is -2.37. The number of anilines is 1. The van der Waals surface area contributed by atoms with Gasteiger partial charge in [0.05, 0.1) is 0 Å². The average molecular weight is 410 g/mol. The Morgan fingerprint density at radius 1 is 1.00 bits per heavy atom. The molecule has 0 saturated heterocycles. The van der Waals surface area contributed by atoms with Crippen LogP contribution in [0.1, 0.15) is 59.2 Å². The van der Waals surface area contributed by atoms with Gasteiger partial charge < -0.3 is 14.8 Å². The highest BCUT2D eigenvalue weighted by molar-refractivity contribution is 5.98. The SMILES string of the molecule is CC(=O)Oc1c(C)c(C)c2c(c1C)CCC(C)(C(=O)Nc1c(C)cc(C)cc1C)O2. The molecule has 1 atom stereocenters. The Balaban J connectivity index is 1.95. The summed E-state index contributed by atoms with van der Waals surface area (Å²) in [5.74, 6) is 0.829. The van der Waals surface area contributed by atoms with Crippen molar-refractivity contribution in [3.05, 3.63) is 51.1 Å². The van der Waals surface area contributed by atoms with Gasteiger partial charge in [-0.05, 0) is 82.7 Å². The van der Waals surface area contributed by atoms with Gasteiger partial charge in [0.1, 0.15) is 11.5 Å². The second kappa shape index (κ2) is 7.78. The largest absolute Gasteiger partial charge is 0.477 e. The molecular formula is C25H31NO4. The van der Waals surface area contributed by atoms with Gasteiger partial charge in [0.25, 0.3) is 5.91 Å². The van der Waals surface area contributed by atoms with Crippen molar-refractivity contribution in [3.8, 4) is 11.5 Å². The lowest BCUT2D eigenvalue weighted by molar-refractivity contribution is -0.132. The molecule has 0 bridgehead atoms. The predicted molar refractivity (Wildman–Crippen MR) is 119 cm³/mol. The topological polar surface area (TPSA) is 64.6 Å². The minimum absolute atomic E-state index is 0.151. The van der Waals surface area contributed by atoms with Crippen LogP contribution in [-0.4, -0.2) is 17.5 Å². The molecule has 30 heavy (non-hydrogen) atoms. The summed E-state index contributed by atoms with van der Waals surface area (Å²) >= 11 is 0. The first-order valence-electron chi connectivity index (χ1n) is 10.3. The molecule has 0 saturated carbocycles. The van der Waals surface area contributed by atoms with Crippen molar-refractivity contribution >= 4 is 17.6 Å². The van der Waals surface area contributed by atoms with Crippen molar-refractivity contribution < 1.29 is 19.1 Å². The van der Waals surface area contributed by atoms with Crippen molar-refractivity contribution in [1.29, 1.82) is 0 Å². The smallest absolute Gasteiger partial charge is 0.308 e. The molecule has 5 heteroatoms. The van der Waals surface area contributed by atoms with Gasteiger partial charge >= 0.3 is 5.97 Å². The zero-order valence-corrected chi connectivity index (χ0v) is 19.2. The van der Waals surface area contributed by atoms with Crippen LogP contribution in [0, 0.1) is 41.5 Å². The molecule has 160 valence electrons. The van der Waals surface area contributed by atoms with E-state index in [1.165, 1.54) is 12.5 Å². The molecule has 1 aliphatic heterocycles. The standard InChI is InChI=1S/C25H31NO4/c1-13-11-14(2)21(15(3)12-13)26-24(28)25(8)10-9-20-18(6)22(29-19(7)27)16(4)17(5)23(20)30-25/h11-12H,9-10H2,1-8H3,(H,26,28). The number of nitrogens with one attached hydrogen (secondary N) is 1. The molecule has 1 aliphatic rings. The van der Waals surface area contributed by atoms with Gasteiger partial charge in [-0.3, -0.25) is 9.59 Å². The average Bonchev–Trinajstić information content (AvgIpc) is 2.65. The molecule has 0 aromatic heterocycles. The molecule has 5 nitrogen and oxygen atoms in total. The minimum Gasteiger partial charge on any atom is -0.477 e. The molecule has 0 radical (unpaired) electrons. The number of carbonyl (C=O) groups excluding carboxylic acids is 2. The van der Waals surface area contributed by atoms with Gasteiger partial charge in [-0.2, -0.15) is 0 Å². The fourth-order valence-corrected chi connectivity index (χ4v) is 4.31. The summed E-state index contributed by atoms with van der Waals surface area (Å²) < 4.78 is 11.8. The molecule has 1 heterocycles. The summed E-state index contributed by atoms with van der Waals surface area (Å²) in [6, 6.07) is 4.13. The van der Waals surface area contributed by atoms with Gasteiger partial charge in [0, 0.05) is 24.6 Å². The van der Waals surface area contributed by atoms with Gasteiger partial charge in [0.2, 0.25) is 0 Å². The molecule has 1 unspecified atom stereocenters. The summed E-state index contributed by atoms with van der Waals surface area (Å²) in [6.45, 7) is 15.1. The maximum absolute atomic E-state index is 13.3. The van der Waals surface area contributed by atoms with E-state index in [2.05, 4.69) is 17.4 Å². The summed E-state index contributed by atoms with van der Waals surface area (Å²) in [4.78, 5) is 24.8. The molecule has 2 aromatic carbocycles. The van der Waals surface area contributed by atoms with Crippen molar-refractivity contribution in [2.75, 3.05) is 5.32 Å². The third kappa shape index (κ3) is 3.81. The summed E-state index contributed by atoms with van der Waals surface area (Å²) in [7, 11) is 0. The zero-order chi connectivity index (χ0) is 22.4. The van der Waals surface area contributed by atoms with Crippen LogP contribution in [0.3, 0.4) is 0 Å². The van der Waals surface area contributed by atoms with E-state index in [4.69, 9.17) is 9.47 Å². The number of hydrogen-bond acceptors (Lipinski definition) is 4. The van der Waals surface area contributed by atoms with E-state index in [1.807, 2.05) is 48.5 Å². The van der Waals surface area contributed by atoms with E-state index < -0.39 is 5.60 Å². The molecule has 1 N–H and O–H groups in total. The second-order valence-corrected chi connectivity index (χ2v) is 8.67. The molecule has 3 rings (SSSR count). The Morgan fingerprint density at radius 3 is 2.17 bits per heavy atom. The van der Waals surface area contributed by atoms with Crippen molar-refractivity contribution in [2.24, 2.45) is 0 Å². The van der Waals surface area contributed by atoms with Crippen LogP contribution >= 0.6 is 0 Å². The van der Waals surface area contributed by atoms with Crippen LogP contribution < -0.4 is 14.8 Å². The molecule has 0 fully saturated rings. The molecule has 2 aromatic rings. The Hall–Kier alpha value is -2.82. The molecule has 0 aliphatic carbocycles. The number of aryl methyl sites for hydroxylation is 3. The Labute approximate surface area is 178 Å². The first kappa shape index (κ1) is 21.9. The Morgan fingerprint density at radius 2 is 1.60 bits per heavy atom. The van der Waals surface area contributed by atoms with Crippen molar-refractivity contribution in [1.82, 2.24) is 0 Å². The van der Waals surface area contributed by atoms with Gasteiger partial charge in [-0.1, -0.05) is 17.7 Å². The highest BCUT2D eigenvalue weighted by atomic mass is 16.5. The first-order chi connectivity index (χ1) is 13.9. The zero-order valence-electron chi connectivity index (χ0n) is 19.2. The highest BCUT2D eigenvalue weighted by Gasteiger charge is 2.41. The molecular weight excluding hydrogens is 378 g/mol. The lowest BCUT2D eigenvalue weighted by atomic mass is 9.86. The van der Waals surface area contributed by atoms with Crippen LogP contribution in [0.15, 0.2) is 12.1 Å². The number of hydrogen-bond donors (Lipinski definition) is 1. The number of amides is 1. The van der Waals surface area contributed by atoms with E-state index in [-0.39, 0.29) is 11.9 Å². The highest BCUT2D eigenvalue weighted by Crippen LogP contribution is 2.44.